The standard InChI is InChI=1S/C11H12BrFN2O/c1-7(12)5-15-6-9-3-2-8(11(14)16)4-10(9)13/h2-4,15H,1,5-6H2,(H2,14,16). The van der Waals surface area contributed by atoms with Crippen LogP contribution in [0.3, 0.4) is 0 Å². The fourth-order valence-electron chi connectivity index (χ4n) is 1.18. The predicted molar refractivity (Wildman–Crippen MR) is 64.7 cm³/mol. The molecule has 1 rings (SSSR count). The van der Waals surface area contributed by atoms with Crippen LogP contribution < -0.4 is 11.1 Å². The summed E-state index contributed by atoms with van der Waals surface area (Å²) in [6.45, 7) is 4.57. The van der Waals surface area contributed by atoms with E-state index >= 15 is 0 Å². The third-order valence-electron chi connectivity index (χ3n) is 1.97. The Kier molecular flexibility index (Phi) is 4.64. The molecule has 0 fully saturated rings. The van der Waals surface area contributed by atoms with E-state index in [4.69, 9.17) is 5.73 Å². The Hall–Kier alpha value is -1.20. The molecule has 5 heteroatoms. The molecule has 86 valence electrons. The molecule has 0 aliphatic rings. The van der Waals surface area contributed by atoms with Crippen LogP contribution in [0.2, 0.25) is 0 Å². The number of halogens is 2. The zero-order chi connectivity index (χ0) is 12.1. The molecule has 1 aromatic rings. The van der Waals surface area contributed by atoms with Crippen molar-refractivity contribution in [2.24, 2.45) is 5.73 Å². The topological polar surface area (TPSA) is 55.1 Å². The first kappa shape index (κ1) is 12.9. The molecule has 0 radical (unpaired) electrons. The highest BCUT2D eigenvalue weighted by Gasteiger charge is 2.06. The third kappa shape index (κ3) is 3.75. The van der Waals surface area contributed by atoms with Crippen molar-refractivity contribution in [2.45, 2.75) is 6.54 Å². The summed E-state index contributed by atoms with van der Waals surface area (Å²) < 4.78 is 14.2. The van der Waals surface area contributed by atoms with Crippen molar-refractivity contribution in [3.05, 3.63) is 46.2 Å². The Morgan fingerprint density at radius 1 is 1.56 bits per heavy atom. The minimum atomic E-state index is -0.632. The lowest BCUT2D eigenvalue weighted by molar-refractivity contribution is 0.1000. The highest BCUT2D eigenvalue weighted by molar-refractivity contribution is 9.11. The Balaban J connectivity index is 2.68. The van der Waals surface area contributed by atoms with Gasteiger partial charge < -0.3 is 11.1 Å². The van der Waals surface area contributed by atoms with E-state index in [0.717, 1.165) is 10.5 Å². The summed E-state index contributed by atoms with van der Waals surface area (Å²) in [6, 6.07) is 4.19. The Morgan fingerprint density at radius 2 is 2.25 bits per heavy atom. The highest BCUT2D eigenvalue weighted by Crippen LogP contribution is 2.10. The van der Waals surface area contributed by atoms with Crippen LogP contribution in [-0.2, 0) is 6.54 Å². The summed E-state index contributed by atoms with van der Waals surface area (Å²) >= 11 is 3.19. The summed E-state index contributed by atoms with van der Waals surface area (Å²) in [5.74, 6) is -1.07. The molecule has 0 unspecified atom stereocenters. The van der Waals surface area contributed by atoms with Crippen molar-refractivity contribution < 1.29 is 9.18 Å². The fraction of sp³-hybridized carbons (Fsp3) is 0.182. The lowest BCUT2D eigenvalue weighted by Gasteiger charge is -2.06. The third-order valence-corrected chi connectivity index (χ3v) is 2.25. The SMILES string of the molecule is C=C(Br)CNCc1ccc(C(N)=O)cc1F. The Labute approximate surface area is 102 Å². The lowest BCUT2D eigenvalue weighted by Crippen LogP contribution is -2.16. The zero-order valence-corrected chi connectivity index (χ0v) is 10.2. The molecule has 0 bridgehead atoms. The minimum Gasteiger partial charge on any atom is -0.366 e. The number of nitrogens with one attached hydrogen (secondary N) is 1. The summed E-state index contributed by atoms with van der Waals surface area (Å²) in [5.41, 5.74) is 5.69. The number of hydrogen-bond donors (Lipinski definition) is 2. The summed E-state index contributed by atoms with van der Waals surface area (Å²) in [7, 11) is 0. The first-order valence-electron chi connectivity index (χ1n) is 4.63. The molecule has 3 nitrogen and oxygen atoms in total. The van der Waals surface area contributed by atoms with Gasteiger partial charge in [-0.05, 0) is 12.1 Å². The number of primary amides is 1. The predicted octanol–water partition coefficient (Wildman–Crippen LogP) is 1.92. The highest BCUT2D eigenvalue weighted by atomic mass is 79.9. The molecule has 0 atom stereocenters. The van der Waals surface area contributed by atoms with Crippen molar-refractivity contribution in [1.29, 1.82) is 0 Å². The Morgan fingerprint density at radius 3 is 2.75 bits per heavy atom. The van der Waals surface area contributed by atoms with Crippen molar-refractivity contribution in [1.82, 2.24) is 5.32 Å². The summed E-state index contributed by atoms with van der Waals surface area (Å²) in [4.78, 5) is 10.8. The molecule has 3 N–H and O–H groups in total. The zero-order valence-electron chi connectivity index (χ0n) is 8.59. The summed E-state index contributed by atoms with van der Waals surface area (Å²) in [6.07, 6.45) is 0. The van der Waals surface area contributed by atoms with Gasteiger partial charge in [-0.3, -0.25) is 4.79 Å². The van der Waals surface area contributed by atoms with Gasteiger partial charge in [-0.1, -0.05) is 28.6 Å². The molecule has 0 spiro atoms. The minimum absolute atomic E-state index is 0.172. The van der Waals surface area contributed by atoms with Crippen LogP contribution in [0, 0.1) is 5.82 Å². The maximum absolute atomic E-state index is 13.5. The van der Waals surface area contributed by atoms with E-state index in [1.807, 2.05) is 0 Å². The van der Waals surface area contributed by atoms with Crippen molar-refractivity contribution >= 4 is 21.8 Å². The second-order valence-corrected chi connectivity index (χ2v) is 4.41. The van der Waals surface area contributed by atoms with Gasteiger partial charge in [0.15, 0.2) is 0 Å². The van der Waals surface area contributed by atoms with Gasteiger partial charge >= 0.3 is 0 Å². The number of carbonyl (C=O) groups excluding carboxylic acids is 1. The Bertz CT molecular complexity index is 420. The quantitative estimate of drug-likeness (QED) is 0.869. The molecule has 0 aliphatic carbocycles. The van der Waals surface area contributed by atoms with Crippen molar-refractivity contribution in [3.8, 4) is 0 Å². The second kappa shape index (κ2) is 5.77. The fourth-order valence-corrected chi connectivity index (χ4v) is 1.37. The van der Waals surface area contributed by atoms with E-state index in [-0.39, 0.29) is 5.56 Å². The van der Waals surface area contributed by atoms with Gasteiger partial charge in [-0.2, -0.15) is 0 Å². The van der Waals surface area contributed by atoms with E-state index in [2.05, 4.69) is 27.8 Å². The van der Waals surface area contributed by atoms with E-state index < -0.39 is 11.7 Å². The van der Waals surface area contributed by atoms with Crippen molar-refractivity contribution in [3.63, 3.8) is 0 Å². The molecular weight excluding hydrogens is 275 g/mol. The number of hydrogen-bond acceptors (Lipinski definition) is 2. The molecule has 0 saturated heterocycles. The van der Waals surface area contributed by atoms with Crippen LogP contribution in [0.4, 0.5) is 4.39 Å². The van der Waals surface area contributed by atoms with Gasteiger partial charge in [0.1, 0.15) is 5.82 Å². The monoisotopic (exact) mass is 286 g/mol. The van der Waals surface area contributed by atoms with E-state index in [9.17, 15) is 9.18 Å². The van der Waals surface area contributed by atoms with Gasteiger partial charge in [0.2, 0.25) is 5.91 Å². The van der Waals surface area contributed by atoms with Gasteiger partial charge in [-0.25, -0.2) is 4.39 Å². The average molecular weight is 287 g/mol. The van der Waals surface area contributed by atoms with E-state index in [1.54, 1.807) is 6.07 Å². The molecule has 1 aromatic carbocycles. The van der Waals surface area contributed by atoms with E-state index in [0.29, 0.717) is 18.7 Å². The van der Waals surface area contributed by atoms with Gasteiger partial charge in [0.05, 0.1) is 0 Å². The largest absolute Gasteiger partial charge is 0.366 e. The molecule has 0 aliphatic heterocycles. The first-order chi connectivity index (χ1) is 7.50. The number of nitrogens with two attached hydrogens (primary N) is 1. The lowest BCUT2D eigenvalue weighted by atomic mass is 10.1. The molecule has 0 heterocycles. The van der Waals surface area contributed by atoms with Crippen molar-refractivity contribution in [2.75, 3.05) is 6.54 Å². The van der Waals surface area contributed by atoms with E-state index in [1.165, 1.54) is 6.07 Å². The number of amides is 1. The van der Waals surface area contributed by atoms with Crippen LogP contribution >= 0.6 is 15.9 Å². The molecule has 1 amide bonds. The smallest absolute Gasteiger partial charge is 0.248 e. The number of benzene rings is 1. The maximum atomic E-state index is 13.5. The number of carbonyl (C=O) groups is 1. The summed E-state index contributed by atoms with van der Waals surface area (Å²) in [5, 5.41) is 2.99. The average Bonchev–Trinajstić information content (AvgIpc) is 2.19. The maximum Gasteiger partial charge on any atom is 0.248 e. The van der Waals surface area contributed by atoms with Crippen LogP contribution in [-0.4, -0.2) is 12.5 Å². The van der Waals surface area contributed by atoms with Crippen LogP contribution in [0.25, 0.3) is 0 Å². The molecule has 0 saturated carbocycles. The van der Waals surface area contributed by atoms with Crippen LogP contribution in [0.15, 0.2) is 29.3 Å². The molecular formula is C11H12BrFN2O. The van der Waals surface area contributed by atoms with Gasteiger partial charge in [0.25, 0.3) is 0 Å². The van der Waals surface area contributed by atoms with Gasteiger partial charge in [-0.15, -0.1) is 0 Å². The van der Waals surface area contributed by atoms with Crippen LogP contribution in [0.5, 0.6) is 0 Å². The van der Waals surface area contributed by atoms with Crippen LogP contribution in [0.1, 0.15) is 15.9 Å². The van der Waals surface area contributed by atoms with Gasteiger partial charge in [0, 0.05) is 28.7 Å². The normalized spacial score (nSPS) is 10.1. The number of rotatable bonds is 5. The molecule has 0 aromatic heterocycles. The first-order valence-corrected chi connectivity index (χ1v) is 5.42. The second-order valence-electron chi connectivity index (χ2n) is 3.29. The molecule has 16 heavy (non-hydrogen) atoms.